The molecule has 1 aliphatic rings. The third-order valence-electron chi connectivity index (χ3n) is 3.86. The molecule has 0 amide bonds. The highest BCUT2D eigenvalue weighted by atomic mass is 32.2. The number of nitrogens with one attached hydrogen (secondary N) is 1. The molecule has 2 rings (SSSR count). The normalized spacial score (nSPS) is 29.4. The van der Waals surface area contributed by atoms with Gasteiger partial charge in [0.05, 0.1) is 6.20 Å². The molecule has 0 aromatic carbocycles. The Labute approximate surface area is 125 Å². The monoisotopic (exact) mass is 299 g/mol. The van der Waals surface area contributed by atoms with Gasteiger partial charge in [-0.25, -0.2) is 0 Å². The van der Waals surface area contributed by atoms with E-state index in [1.807, 2.05) is 10.9 Å². The van der Waals surface area contributed by atoms with E-state index in [1.165, 1.54) is 11.3 Å². The van der Waals surface area contributed by atoms with Crippen LogP contribution in [-0.4, -0.2) is 44.4 Å². The Bertz CT molecular complexity index is 394. The molecular weight excluding hydrogens is 274 g/mol. The van der Waals surface area contributed by atoms with Crippen molar-refractivity contribution in [1.29, 1.82) is 0 Å². The lowest BCUT2D eigenvalue weighted by molar-refractivity contribution is 0.553. The van der Waals surface area contributed by atoms with Crippen molar-refractivity contribution < 1.29 is 0 Å². The van der Waals surface area contributed by atoms with Crippen molar-refractivity contribution in [3.05, 3.63) is 18.0 Å². The average Bonchev–Trinajstić information content (AvgIpc) is 2.87. The third-order valence-corrected chi connectivity index (χ3v) is 7.41. The van der Waals surface area contributed by atoms with Crippen molar-refractivity contribution in [2.24, 2.45) is 0 Å². The number of hydrogen-bond acceptors (Lipinski definition) is 4. The lowest BCUT2D eigenvalue weighted by Crippen LogP contribution is -2.43. The van der Waals surface area contributed by atoms with Gasteiger partial charge in [0.2, 0.25) is 0 Å². The Kier molecular flexibility index (Phi) is 5.66. The standard InChI is InChI=1S/C14H25N3S2/c1-5-17-8-12(7-16-17)6-13(15-4)14-9-18-10(2)11(3)19-14/h7-8,10-11,13-15H,5-6,9H2,1-4H3. The Morgan fingerprint density at radius 2 is 2.26 bits per heavy atom. The SMILES string of the molecule is CCn1cc(CC(NC)C2CSC(C)C(C)S2)cn1. The van der Waals surface area contributed by atoms with E-state index in [0.717, 1.165) is 23.5 Å². The summed E-state index contributed by atoms with van der Waals surface area (Å²) in [5, 5.41) is 10.1. The topological polar surface area (TPSA) is 29.9 Å². The van der Waals surface area contributed by atoms with Crippen LogP contribution >= 0.6 is 23.5 Å². The molecule has 0 aliphatic carbocycles. The zero-order valence-corrected chi connectivity index (χ0v) is 13.9. The Balaban J connectivity index is 1.96. The van der Waals surface area contributed by atoms with E-state index in [0.29, 0.717) is 11.3 Å². The van der Waals surface area contributed by atoms with Crippen molar-refractivity contribution >= 4 is 23.5 Å². The number of rotatable bonds is 5. The molecule has 0 spiro atoms. The van der Waals surface area contributed by atoms with Gasteiger partial charge in [0.15, 0.2) is 0 Å². The van der Waals surface area contributed by atoms with Gasteiger partial charge >= 0.3 is 0 Å². The van der Waals surface area contributed by atoms with Crippen LogP contribution in [0.15, 0.2) is 12.4 Å². The van der Waals surface area contributed by atoms with Gasteiger partial charge in [-0.15, -0.1) is 0 Å². The summed E-state index contributed by atoms with van der Waals surface area (Å²) < 4.78 is 2.01. The van der Waals surface area contributed by atoms with Gasteiger partial charge in [-0.3, -0.25) is 4.68 Å². The van der Waals surface area contributed by atoms with Crippen molar-refractivity contribution in [2.75, 3.05) is 12.8 Å². The highest BCUT2D eigenvalue weighted by Gasteiger charge is 2.30. The zero-order chi connectivity index (χ0) is 13.8. The van der Waals surface area contributed by atoms with Gasteiger partial charge in [0.1, 0.15) is 0 Å². The van der Waals surface area contributed by atoms with Crippen molar-refractivity contribution in [3.8, 4) is 0 Å². The van der Waals surface area contributed by atoms with E-state index in [9.17, 15) is 0 Å². The largest absolute Gasteiger partial charge is 0.316 e. The Hall–Kier alpha value is -0.130. The maximum atomic E-state index is 4.37. The average molecular weight is 300 g/mol. The highest BCUT2D eigenvalue weighted by molar-refractivity contribution is 8.07. The summed E-state index contributed by atoms with van der Waals surface area (Å²) in [4.78, 5) is 0. The van der Waals surface area contributed by atoms with Crippen LogP contribution in [0.25, 0.3) is 0 Å². The van der Waals surface area contributed by atoms with Crippen LogP contribution in [0.3, 0.4) is 0 Å². The van der Waals surface area contributed by atoms with Gasteiger partial charge < -0.3 is 5.32 Å². The van der Waals surface area contributed by atoms with Gasteiger partial charge in [0.25, 0.3) is 0 Å². The summed E-state index contributed by atoms with van der Waals surface area (Å²) in [6, 6.07) is 0.543. The minimum Gasteiger partial charge on any atom is -0.316 e. The van der Waals surface area contributed by atoms with Crippen molar-refractivity contribution in [2.45, 2.75) is 55.5 Å². The molecule has 1 fully saturated rings. The fourth-order valence-electron chi connectivity index (χ4n) is 2.38. The molecule has 0 bridgehead atoms. The van der Waals surface area contributed by atoms with Gasteiger partial charge in [-0.2, -0.15) is 28.6 Å². The van der Waals surface area contributed by atoms with E-state index in [2.05, 4.69) is 68.0 Å². The van der Waals surface area contributed by atoms with E-state index in [1.54, 1.807) is 0 Å². The van der Waals surface area contributed by atoms with Crippen molar-refractivity contribution in [1.82, 2.24) is 15.1 Å². The minimum atomic E-state index is 0.543. The first-order chi connectivity index (χ1) is 9.13. The Morgan fingerprint density at radius 1 is 1.47 bits per heavy atom. The number of aromatic nitrogens is 2. The molecular formula is C14H25N3S2. The maximum absolute atomic E-state index is 4.37. The third kappa shape index (κ3) is 3.92. The second-order valence-corrected chi connectivity index (χ2v) is 8.25. The van der Waals surface area contributed by atoms with Gasteiger partial charge in [0, 0.05) is 40.3 Å². The van der Waals surface area contributed by atoms with Crippen LogP contribution in [0.5, 0.6) is 0 Å². The maximum Gasteiger partial charge on any atom is 0.0522 e. The summed E-state index contributed by atoms with van der Waals surface area (Å²) in [7, 11) is 2.09. The summed E-state index contributed by atoms with van der Waals surface area (Å²) in [6.45, 7) is 7.78. The molecule has 1 saturated heterocycles. The quantitative estimate of drug-likeness (QED) is 0.905. The van der Waals surface area contributed by atoms with E-state index >= 15 is 0 Å². The molecule has 1 aromatic rings. The van der Waals surface area contributed by atoms with E-state index < -0.39 is 0 Å². The van der Waals surface area contributed by atoms with Crippen LogP contribution in [0.1, 0.15) is 26.3 Å². The molecule has 19 heavy (non-hydrogen) atoms. The predicted molar refractivity (Wildman–Crippen MR) is 87.2 cm³/mol. The summed E-state index contributed by atoms with van der Waals surface area (Å²) in [5.74, 6) is 1.25. The summed E-state index contributed by atoms with van der Waals surface area (Å²) in [5.41, 5.74) is 1.35. The first kappa shape index (κ1) is 15.3. The number of thioether (sulfide) groups is 2. The highest BCUT2D eigenvalue weighted by Crippen LogP contribution is 2.37. The van der Waals surface area contributed by atoms with E-state index in [-0.39, 0.29) is 0 Å². The molecule has 0 radical (unpaired) electrons. The van der Waals surface area contributed by atoms with Crippen LogP contribution in [0.4, 0.5) is 0 Å². The predicted octanol–water partition coefficient (Wildman–Crippen LogP) is 2.66. The molecule has 5 heteroatoms. The first-order valence-corrected chi connectivity index (χ1v) is 9.08. The molecule has 3 nitrogen and oxygen atoms in total. The zero-order valence-electron chi connectivity index (χ0n) is 12.3. The second-order valence-electron chi connectivity index (χ2n) is 5.22. The first-order valence-electron chi connectivity index (χ1n) is 7.09. The molecule has 1 aliphatic heterocycles. The number of nitrogens with zero attached hydrogens (tertiary/aromatic N) is 2. The molecule has 2 heterocycles. The Morgan fingerprint density at radius 3 is 2.84 bits per heavy atom. The van der Waals surface area contributed by atoms with Crippen LogP contribution in [0.2, 0.25) is 0 Å². The second kappa shape index (κ2) is 7.04. The molecule has 4 unspecified atom stereocenters. The number of aryl methyl sites for hydroxylation is 1. The minimum absolute atomic E-state index is 0.543. The van der Waals surface area contributed by atoms with Gasteiger partial charge in [-0.1, -0.05) is 13.8 Å². The van der Waals surface area contributed by atoms with E-state index in [4.69, 9.17) is 0 Å². The lowest BCUT2D eigenvalue weighted by atomic mass is 10.1. The number of likely N-dealkylation sites (N-methyl/N-ethyl adjacent to an activating group) is 1. The molecule has 0 saturated carbocycles. The number of hydrogen-bond donors (Lipinski definition) is 1. The molecule has 4 atom stereocenters. The smallest absolute Gasteiger partial charge is 0.0522 e. The van der Waals surface area contributed by atoms with Gasteiger partial charge in [-0.05, 0) is 26.0 Å². The molecule has 108 valence electrons. The van der Waals surface area contributed by atoms with Crippen LogP contribution in [0, 0.1) is 0 Å². The van der Waals surface area contributed by atoms with Crippen molar-refractivity contribution in [3.63, 3.8) is 0 Å². The van der Waals surface area contributed by atoms with Crippen LogP contribution < -0.4 is 5.32 Å². The summed E-state index contributed by atoms with van der Waals surface area (Å²) >= 11 is 4.26. The van der Waals surface area contributed by atoms with Crippen LogP contribution in [-0.2, 0) is 13.0 Å². The fourth-order valence-corrected chi connectivity index (χ4v) is 5.55. The summed E-state index contributed by atoms with van der Waals surface area (Å²) in [6.07, 6.45) is 5.27. The lowest BCUT2D eigenvalue weighted by Gasteiger charge is -2.35. The molecule has 1 N–H and O–H groups in total. The fraction of sp³-hybridized carbons (Fsp3) is 0.786. The molecule has 1 aromatic heterocycles.